The van der Waals surface area contributed by atoms with Crippen molar-refractivity contribution in [3.8, 4) is 0 Å². The highest BCUT2D eigenvalue weighted by molar-refractivity contribution is 7.89. The lowest BCUT2D eigenvalue weighted by atomic mass is 10.0. The molecule has 0 saturated heterocycles. The Morgan fingerprint density at radius 1 is 1.15 bits per heavy atom. The lowest BCUT2D eigenvalue weighted by Crippen LogP contribution is -2.53. The summed E-state index contributed by atoms with van der Waals surface area (Å²) >= 11 is 0. The average molecular weight is 510 g/mol. The van der Waals surface area contributed by atoms with Crippen LogP contribution in [0.2, 0.25) is 0 Å². The monoisotopic (exact) mass is 509 g/mol. The zero-order chi connectivity index (χ0) is 24.7. The quantitative estimate of drug-likeness (QED) is 0.343. The van der Waals surface area contributed by atoms with E-state index < -0.39 is 38.6 Å². The van der Waals surface area contributed by atoms with Gasteiger partial charge in [0.25, 0.3) is 5.91 Å². The largest absolute Gasteiger partial charge is 0.358 e. The van der Waals surface area contributed by atoms with Crippen LogP contribution >= 0.6 is 0 Å². The van der Waals surface area contributed by atoms with Crippen LogP contribution in [0.25, 0.3) is 0 Å². The zero-order valence-corrected chi connectivity index (χ0v) is 21.1. The second-order valence-corrected chi connectivity index (χ2v) is 11.9. The van der Waals surface area contributed by atoms with Crippen molar-refractivity contribution in [2.45, 2.75) is 68.6 Å². The van der Waals surface area contributed by atoms with Gasteiger partial charge in [-0.05, 0) is 18.6 Å². The van der Waals surface area contributed by atoms with Crippen molar-refractivity contribution < 1.29 is 26.7 Å². The van der Waals surface area contributed by atoms with E-state index in [0.717, 1.165) is 23.6 Å². The molecule has 0 fully saturated rings. The van der Waals surface area contributed by atoms with Gasteiger partial charge in [0.2, 0.25) is 10.0 Å². The Kier molecular flexibility index (Phi) is 9.15. The van der Waals surface area contributed by atoms with Crippen LogP contribution in [0.1, 0.15) is 68.0 Å². The Morgan fingerprint density at radius 3 is 2.56 bits per heavy atom. The summed E-state index contributed by atoms with van der Waals surface area (Å²) in [5.41, 5.74) is -0.0256. The fourth-order valence-electron chi connectivity index (χ4n) is 3.87. The highest BCUT2D eigenvalue weighted by Crippen LogP contribution is 2.29. The minimum Gasteiger partial charge on any atom is -0.358 e. The van der Waals surface area contributed by atoms with E-state index in [2.05, 4.69) is 17.4 Å². The first-order valence-corrected chi connectivity index (χ1v) is 14.4. The van der Waals surface area contributed by atoms with E-state index in [-0.39, 0.29) is 22.0 Å². The lowest BCUT2D eigenvalue weighted by molar-refractivity contribution is -0.118. The molecule has 11 heteroatoms. The standard InChI is InChI=1S/C23H31N3O6S2/c1-3-4-5-6-7-8-11-14-33(29)16-17-15-20(25-32-17)24-23(28)21-22(27)18-12-9-10-13-19(18)34(30,31)26(21)2/h9-10,12-13,15,21H,3-8,11,14,16H2,1-2H3,(H,24,25,28). The van der Waals surface area contributed by atoms with Crippen LogP contribution in [0.15, 0.2) is 39.8 Å². The van der Waals surface area contributed by atoms with Crippen LogP contribution < -0.4 is 5.32 Å². The van der Waals surface area contributed by atoms with E-state index in [1.54, 1.807) is 6.07 Å². The third-order valence-electron chi connectivity index (χ3n) is 5.76. The molecule has 0 spiro atoms. The molecule has 1 aliphatic heterocycles. The number of sulfonamides is 1. The second kappa shape index (κ2) is 11.9. The first-order chi connectivity index (χ1) is 16.3. The Balaban J connectivity index is 1.54. The van der Waals surface area contributed by atoms with Gasteiger partial charge in [-0.2, -0.15) is 4.31 Å². The number of amides is 1. The number of benzene rings is 1. The van der Waals surface area contributed by atoms with Crippen molar-refractivity contribution in [1.29, 1.82) is 0 Å². The second-order valence-electron chi connectivity index (χ2n) is 8.36. The summed E-state index contributed by atoms with van der Waals surface area (Å²) in [7, 11) is -3.93. The number of carbonyl (C=O) groups excluding carboxylic acids is 2. The van der Waals surface area contributed by atoms with E-state index in [9.17, 15) is 22.2 Å². The molecule has 1 aromatic heterocycles. The Bertz CT molecular complexity index is 1150. The van der Waals surface area contributed by atoms with Gasteiger partial charge >= 0.3 is 0 Å². The van der Waals surface area contributed by atoms with E-state index in [1.165, 1.54) is 57.0 Å². The number of Topliss-reactive ketones (excluding diaryl/α,β-unsaturated/α-hetero) is 1. The summed E-state index contributed by atoms with van der Waals surface area (Å²) < 4.78 is 43.7. The number of nitrogens with one attached hydrogen (secondary N) is 1. The molecule has 2 aromatic rings. The molecule has 2 unspecified atom stereocenters. The minimum absolute atomic E-state index is 0.0256. The summed E-state index contributed by atoms with van der Waals surface area (Å²) in [6.07, 6.45) is 7.98. The fraction of sp³-hybridized carbons (Fsp3) is 0.522. The normalized spacial score (nSPS) is 18.4. The molecule has 3 rings (SSSR count). The number of likely N-dealkylation sites (N-methyl/N-ethyl adjacent to an activating group) is 1. The fourth-order valence-corrected chi connectivity index (χ4v) is 6.47. The predicted molar refractivity (Wildman–Crippen MR) is 129 cm³/mol. The van der Waals surface area contributed by atoms with E-state index in [4.69, 9.17) is 4.52 Å². The van der Waals surface area contributed by atoms with E-state index in [1.807, 2.05) is 0 Å². The van der Waals surface area contributed by atoms with Gasteiger partial charge in [0.15, 0.2) is 23.4 Å². The summed E-state index contributed by atoms with van der Waals surface area (Å²) in [4.78, 5) is 25.5. The molecule has 0 bridgehead atoms. The molecule has 9 nitrogen and oxygen atoms in total. The first kappa shape index (κ1) is 26.2. The molecular weight excluding hydrogens is 478 g/mol. The molecular formula is C23H31N3O6S2. The number of hydrogen-bond acceptors (Lipinski definition) is 7. The molecule has 1 aliphatic rings. The number of ketones is 1. The Labute approximate surface area is 202 Å². The Morgan fingerprint density at radius 2 is 1.82 bits per heavy atom. The van der Waals surface area contributed by atoms with Gasteiger partial charge < -0.3 is 9.84 Å². The number of fused-ring (bicyclic) bond motifs is 1. The van der Waals surface area contributed by atoms with Crippen molar-refractivity contribution in [1.82, 2.24) is 9.46 Å². The third-order valence-corrected chi connectivity index (χ3v) is 8.99. The molecule has 0 saturated carbocycles. The average Bonchev–Trinajstić information content (AvgIpc) is 3.24. The maximum absolute atomic E-state index is 12.8. The van der Waals surface area contributed by atoms with Crippen LogP contribution in [-0.2, 0) is 31.4 Å². The molecule has 1 N–H and O–H groups in total. The smallest absolute Gasteiger partial charge is 0.252 e. The van der Waals surface area contributed by atoms with Gasteiger partial charge in [0, 0.05) is 35.2 Å². The number of rotatable bonds is 12. The molecule has 1 amide bonds. The van der Waals surface area contributed by atoms with Crippen LogP contribution in [-0.4, -0.2) is 52.6 Å². The SMILES string of the molecule is CCCCCCCCCS(=O)Cc1cc(NC(=O)C2C(=O)c3ccccc3S(=O)(=O)N2C)no1. The summed E-state index contributed by atoms with van der Waals surface area (Å²) in [5, 5.41) is 6.19. The summed E-state index contributed by atoms with van der Waals surface area (Å²) in [5.74, 6) is -0.347. The number of aromatic nitrogens is 1. The number of hydrogen-bond donors (Lipinski definition) is 1. The molecule has 186 valence electrons. The number of anilines is 1. The molecule has 0 aliphatic carbocycles. The maximum atomic E-state index is 12.8. The topological polar surface area (TPSA) is 127 Å². The van der Waals surface area contributed by atoms with Gasteiger partial charge in [0.05, 0.1) is 10.6 Å². The van der Waals surface area contributed by atoms with Crippen LogP contribution in [0.5, 0.6) is 0 Å². The van der Waals surface area contributed by atoms with Crippen molar-refractivity contribution in [3.05, 3.63) is 41.7 Å². The molecule has 1 aromatic carbocycles. The lowest BCUT2D eigenvalue weighted by Gasteiger charge is -2.30. The Hall–Kier alpha value is -2.37. The molecule has 2 heterocycles. The maximum Gasteiger partial charge on any atom is 0.252 e. The highest BCUT2D eigenvalue weighted by Gasteiger charge is 2.45. The van der Waals surface area contributed by atoms with Crippen LogP contribution in [0, 0.1) is 0 Å². The van der Waals surface area contributed by atoms with E-state index >= 15 is 0 Å². The molecule has 34 heavy (non-hydrogen) atoms. The van der Waals surface area contributed by atoms with Gasteiger partial charge in [-0.1, -0.05) is 62.7 Å². The van der Waals surface area contributed by atoms with Crippen molar-refractivity contribution in [2.24, 2.45) is 0 Å². The number of carbonyl (C=O) groups is 2. The minimum atomic E-state index is -4.00. The first-order valence-electron chi connectivity index (χ1n) is 11.5. The van der Waals surface area contributed by atoms with E-state index in [0.29, 0.717) is 11.5 Å². The summed E-state index contributed by atoms with van der Waals surface area (Å²) in [6.45, 7) is 2.18. The van der Waals surface area contributed by atoms with Gasteiger partial charge in [-0.25, -0.2) is 8.42 Å². The van der Waals surface area contributed by atoms with Crippen LogP contribution in [0.3, 0.4) is 0 Å². The van der Waals surface area contributed by atoms with Crippen molar-refractivity contribution in [3.63, 3.8) is 0 Å². The molecule has 2 atom stereocenters. The highest BCUT2D eigenvalue weighted by atomic mass is 32.2. The van der Waals surface area contributed by atoms with Crippen molar-refractivity contribution >= 4 is 38.3 Å². The van der Waals surface area contributed by atoms with Gasteiger partial charge in [0.1, 0.15) is 0 Å². The van der Waals surface area contributed by atoms with Crippen LogP contribution in [0.4, 0.5) is 5.82 Å². The van der Waals surface area contributed by atoms with Crippen molar-refractivity contribution in [2.75, 3.05) is 18.1 Å². The third kappa shape index (κ3) is 6.19. The van der Waals surface area contributed by atoms with Gasteiger partial charge in [-0.15, -0.1) is 0 Å². The molecule has 0 radical (unpaired) electrons. The number of unbranched alkanes of at least 4 members (excludes halogenated alkanes) is 6. The summed E-state index contributed by atoms with van der Waals surface area (Å²) in [6, 6.07) is 5.67. The zero-order valence-electron chi connectivity index (χ0n) is 19.5. The predicted octanol–water partition coefficient (Wildman–Crippen LogP) is 3.50. The van der Waals surface area contributed by atoms with Gasteiger partial charge in [-0.3, -0.25) is 13.8 Å². The number of nitrogens with zero attached hydrogens (tertiary/aromatic N) is 2.